The van der Waals surface area contributed by atoms with Crippen molar-refractivity contribution in [1.29, 1.82) is 5.26 Å². The Balaban J connectivity index is 2.47. The molecule has 0 saturated carbocycles. The number of aromatic nitrogens is 1. The lowest BCUT2D eigenvalue weighted by molar-refractivity contribution is -0.132. The molecule has 0 fully saturated rings. The van der Waals surface area contributed by atoms with Gasteiger partial charge in [-0.25, -0.2) is 0 Å². The molecule has 0 amide bonds. The first-order chi connectivity index (χ1) is 7.19. The first kappa shape index (κ1) is 9.28. The van der Waals surface area contributed by atoms with Crippen LogP contribution in [-0.4, -0.2) is 11.0 Å². The standard InChI is InChI=1S/C11H8N2O2/c1-7(14)15-11-5-9-3-2-8(6-12)4-10(9)13-11/h2-5,13H,1H3. The summed E-state index contributed by atoms with van der Waals surface area (Å²) in [6.07, 6.45) is 0. The molecule has 0 spiro atoms. The highest BCUT2D eigenvalue weighted by molar-refractivity contribution is 5.83. The van der Waals surface area contributed by atoms with Crippen molar-refractivity contribution in [2.75, 3.05) is 0 Å². The molecule has 74 valence electrons. The number of esters is 1. The second-order valence-electron chi connectivity index (χ2n) is 3.14. The molecule has 15 heavy (non-hydrogen) atoms. The van der Waals surface area contributed by atoms with Crippen molar-refractivity contribution in [3.63, 3.8) is 0 Å². The van der Waals surface area contributed by atoms with Crippen LogP contribution in [0.3, 0.4) is 0 Å². The summed E-state index contributed by atoms with van der Waals surface area (Å²) in [6, 6.07) is 8.99. The zero-order chi connectivity index (χ0) is 10.8. The Kier molecular flexibility index (Phi) is 2.14. The van der Waals surface area contributed by atoms with E-state index in [4.69, 9.17) is 10.00 Å². The smallest absolute Gasteiger partial charge is 0.309 e. The van der Waals surface area contributed by atoms with Crippen molar-refractivity contribution in [3.8, 4) is 11.9 Å². The van der Waals surface area contributed by atoms with Gasteiger partial charge >= 0.3 is 5.97 Å². The lowest BCUT2D eigenvalue weighted by Gasteiger charge is -1.93. The number of fused-ring (bicyclic) bond motifs is 1. The zero-order valence-electron chi connectivity index (χ0n) is 8.07. The molecular formula is C11H8N2O2. The molecule has 2 rings (SSSR count). The quantitative estimate of drug-likeness (QED) is 0.715. The van der Waals surface area contributed by atoms with Crippen LogP contribution < -0.4 is 4.74 Å². The predicted octanol–water partition coefficient (Wildman–Crippen LogP) is 1.96. The highest BCUT2D eigenvalue weighted by Crippen LogP contribution is 2.21. The van der Waals surface area contributed by atoms with Gasteiger partial charge in [0.25, 0.3) is 0 Å². The molecule has 1 heterocycles. The third-order valence-corrected chi connectivity index (χ3v) is 1.98. The van der Waals surface area contributed by atoms with Crippen LogP contribution in [0.25, 0.3) is 10.9 Å². The van der Waals surface area contributed by atoms with Crippen molar-refractivity contribution in [3.05, 3.63) is 29.8 Å². The third kappa shape index (κ3) is 1.81. The average molecular weight is 200 g/mol. The van der Waals surface area contributed by atoms with E-state index in [1.165, 1.54) is 6.92 Å². The van der Waals surface area contributed by atoms with E-state index in [9.17, 15) is 4.79 Å². The van der Waals surface area contributed by atoms with E-state index < -0.39 is 0 Å². The minimum atomic E-state index is -0.373. The van der Waals surface area contributed by atoms with Gasteiger partial charge < -0.3 is 9.72 Å². The number of hydrogen-bond acceptors (Lipinski definition) is 3. The van der Waals surface area contributed by atoms with Crippen LogP contribution in [0.5, 0.6) is 5.88 Å². The second-order valence-corrected chi connectivity index (χ2v) is 3.14. The highest BCUT2D eigenvalue weighted by atomic mass is 16.5. The monoisotopic (exact) mass is 200 g/mol. The van der Waals surface area contributed by atoms with Gasteiger partial charge in [0.2, 0.25) is 5.88 Å². The maximum atomic E-state index is 10.7. The van der Waals surface area contributed by atoms with Gasteiger partial charge in [0, 0.05) is 23.9 Å². The van der Waals surface area contributed by atoms with Crippen molar-refractivity contribution >= 4 is 16.9 Å². The summed E-state index contributed by atoms with van der Waals surface area (Å²) >= 11 is 0. The molecule has 0 aliphatic heterocycles. The molecule has 1 aromatic heterocycles. The van der Waals surface area contributed by atoms with Gasteiger partial charge in [-0.1, -0.05) is 6.07 Å². The summed E-state index contributed by atoms with van der Waals surface area (Å²) in [6.45, 7) is 1.34. The number of aromatic amines is 1. The molecule has 1 aromatic carbocycles. The Morgan fingerprint density at radius 3 is 2.93 bits per heavy atom. The largest absolute Gasteiger partial charge is 0.410 e. The Hall–Kier alpha value is -2.28. The Labute approximate surface area is 86.1 Å². The SMILES string of the molecule is CC(=O)Oc1cc2ccc(C#N)cc2[nH]1. The van der Waals surface area contributed by atoms with Gasteiger partial charge in [0.15, 0.2) is 0 Å². The average Bonchev–Trinajstić information content (AvgIpc) is 2.57. The van der Waals surface area contributed by atoms with E-state index in [1.807, 2.05) is 6.07 Å². The zero-order valence-corrected chi connectivity index (χ0v) is 8.07. The number of nitrogens with zero attached hydrogens (tertiary/aromatic N) is 1. The number of carbonyl (C=O) groups excluding carboxylic acids is 1. The Bertz CT molecular complexity index is 563. The van der Waals surface area contributed by atoms with E-state index >= 15 is 0 Å². The van der Waals surface area contributed by atoms with Gasteiger partial charge in [0.1, 0.15) is 0 Å². The molecule has 0 saturated heterocycles. The minimum Gasteiger partial charge on any atom is -0.410 e. The third-order valence-electron chi connectivity index (χ3n) is 1.98. The molecule has 0 atom stereocenters. The van der Waals surface area contributed by atoms with E-state index in [2.05, 4.69) is 4.98 Å². The number of H-pyrrole nitrogens is 1. The first-order valence-corrected chi connectivity index (χ1v) is 4.40. The Morgan fingerprint density at radius 1 is 1.47 bits per heavy atom. The van der Waals surface area contributed by atoms with E-state index in [0.717, 1.165) is 10.9 Å². The molecule has 0 aliphatic carbocycles. The van der Waals surface area contributed by atoms with Crippen molar-refractivity contribution in [2.45, 2.75) is 6.92 Å². The summed E-state index contributed by atoms with van der Waals surface area (Å²) in [7, 11) is 0. The normalized spacial score (nSPS) is 9.87. The predicted molar refractivity (Wildman–Crippen MR) is 54.3 cm³/mol. The van der Waals surface area contributed by atoms with Crippen molar-refractivity contribution < 1.29 is 9.53 Å². The lowest BCUT2D eigenvalue weighted by Crippen LogP contribution is -2.00. The molecule has 2 aromatic rings. The van der Waals surface area contributed by atoms with Crippen LogP contribution in [0.4, 0.5) is 0 Å². The number of carbonyl (C=O) groups is 1. The van der Waals surface area contributed by atoms with Gasteiger partial charge in [-0.15, -0.1) is 0 Å². The van der Waals surface area contributed by atoms with Crippen LogP contribution in [-0.2, 0) is 4.79 Å². The summed E-state index contributed by atoms with van der Waals surface area (Å²) < 4.78 is 4.90. The van der Waals surface area contributed by atoms with Crippen molar-refractivity contribution in [2.24, 2.45) is 0 Å². The van der Waals surface area contributed by atoms with Gasteiger partial charge in [0.05, 0.1) is 11.6 Å². The lowest BCUT2D eigenvalue weighted by atomic mass is 10.2. The summed E-state index contributed by atoms with van der Waals surface area (Å²) in [5.74, 6) is 0.0228. The molecule has 0 radical (unpaired) electrons. The fraction of sp³-hybridized carbons (Fsp3) is 0.0909. The molecular weight excluding hydrogens is 192 g/mol. The van der Waals surface area contributed by atoms with E-state index in [1.54, 1.807) is 24.3 Å². The molecule has 0 unspecified atom stereocenters. The van der Waals surface area contributed by atoms with Gasteiger partial charge in [-0.3, -0.25) is 4.79 Å². The Morgan fingerprint density at radius 2 is 2.27 bits per heavy atom. The van der Waals surface area contributed by atoms with E-state index in [-0.39, 0.29) is 5.97 Å². The molecule has 4 heteroatoms. The van der Waals surface area contributed by atoms with Crippen molar-refractivity contribution in [1.82, 2.24) is 4.98 Å². The van der Waals surface area contributed by atoms with Crippen LogP contribution in [0.1, 0.15) is 12.5 Å². The topological polar surface area (TPSA) is 65.9 Å². The highest BCUT2D eigenvalue weighted by Gasteiger charge is 2.04. The fourth-order valence-electron chi connectivity index (χ4n) is 1.38. The summed E-state index contributed by atoms with van der Waals surface area (Å²) in [4.78, 5) is 13.6. The number of benzene rings is 1. The molecule has 0 aliphatic rings. The van der Waals surface area contributed by atoms with E-state index in [0.29, 0.717) is 11.4 Å². The number of nitriles is 1. The van der Waals surface area contributed by atoms with Crippen LogP contribution >= 0.6 is 0 Å². The molecule has 1 N–H and O–H groups in total. The minimum absolute atomic E-state index is 0.373. The van der Waals surface area contributed by atoms with Gasteiger partial charge in [-0.2, -0.15) is 5.26 Å². The van der Waals surface area contributed by atoms with Crippen LogP contribution in [0.15, 0.2) is 24.3 Å². The molecule has 4 nitrogen and oxygen atoms in total. The first-order valence-electron chi connectivity index (χ1n) is 4.40. The number of rotatable bonds is 1. The summed E-state index contributed by atoms with van der Waals surface area (Å²) in [5, 5.41) is 9.61. The number of nitrogens with one attached hydrogen (secondary N) is 1. The summed E-state index contributed by atoms with van der Waals surface area (Å²) in [5.41, 5.74) is 1.35. The second kappa shape index (κ2) is 3.46. The van der Waals surface area contributed by atoms with Crippen LogP contribution in [0.2, 0.25) is 0 Å². The number of ether oxygens (including phenoxy) is 1. The maximum Gasteiger partial charge on any atom is 0.309 e. The van der Waals surface area contributed by atoms with Gasteiger partial charge in [-0.05, 0) is 12.1 Å². The fourth-order valence-corrected chi connectivity index (χ4v) is 1.38. The maximum absolute atomic E-state index is 10.7. The van der Waals surface area contributed by atoms with Crippen LogP contribution in [0, 0.1) is 11.3 Å². The number of hydrogen-bond donors (Lipinski definition) is 1. The molecule has 0 bridgehead atoms.